The predicted octanol–water partition coefficient (Wildman–Crippen LogP) is -0.408. The molecule has 1 aromatic heterocycles. The Balaban J connectivity index is 2.44. The predicted molar refractivity (Wildman–Crippen MR) is 38.8 cm³/mol. The molecule has 4 heteroatoms. The molecule has 0 atom stereocenters. The van der Waals surface area contributed by atoms with Crippen LogP contribution in [0.2, 0.25) is 0 Å². The molecule has 0 radical (unpaired) electrons. The minimum Gasteiger partial charge on any atom is -0.350 e. The lowest BCUT2D eigenvalue weighted by Crippen LogP contribution is -2.30. The Bertz CT molecular complexity index is 303. The first kappa shape index (κ1) is 6.39. The van der Waals surface area contributed by atoms with Crippen molar-refractivity contribution >= 4 is 5.91 Å². The third kappa shape index (κ3) is 0.906. The SMILES string of the molecule is Cn1ncc2c1CNC(=O)C2. The van der Waals surface area contributed by atoms with Crippen molar-refractivity contribution in [2.24, 2.45) is 7.05 Å². The van der Waals surface area contributed by atoms with Crippen molar-refractivity contribution in [1.82, 2.24) is 15.1 Å². The Morgan fingerprint density at radius 1 is 1.73 bits per heavy atom. The quantitative estimate of drug-likeness (QED) is 0.548. The van der Waals surface area contributed by atoms with Crippen LogP contribution >= 0.6 is 0 Å². The van der Waals surface area contributed by atoms with Crippen LogP contribution in [0.1, 0.15) is 11.3 Å². The van der Waals surface area contributed by atoms with Gasteiger partial charge in [-0.15, -0.1) is 0 Å². The molecule has 4 nitrogen and oxygen atoms in total. The molecule has 0 aromatic carbocycles. The van der Waals surface area contributed by atoms with Gasteiger partial charge < -0.3 is 5.32 Å². The zero-order chi connectivity index (χ0) is 7.84. The van der Waals surface area contributed by atoms with E-state index in [0.29, 0.717) is 13.0 Å². The van der Waals surface area contributed by atoms with E-state index in [1.165, 1.54) is 0 Å². The monoisotopic (exact) mass is 151 g/mol. The molecule has 11 heavy (non-hydrogen) atoms. The zero-order valence-corrected chi connectivity index (χ0v) is 6.29. The first-order valence-corrected chi connectivity index (χ1v) is 3.54. The van der Waals surface area contributed by atoms with Gasteiger partial charge in [-0.05, 0) is 0 Å². The highest BCUT2D eigenvalue weighted by Gasteiger charge is 2.17. The van der Waals surface area contributed by atoms with E-state index in [2.05, 4.69) is 10.4 Å². The maximum Gasteiger partial charge on any atom is 0.224 e. The van der Waals surface area contributed by atoms with Crippen LogP contribution < -0.4 is 5.32 Å². The molecule has 0 saturated heterocycles. The second-order valence-corrected chi connectivity index (χ2v) is 2.69. The van der Waals surface area contributed by atoms with Gasteiger partial charge in [-0.2, -0.15) is 5.10 Å². The largest absolute Gasteiger partial charge is 0.350 e. The molecule has 2 rings (SSSR count). The number of fused-ring (bicyclic) bond motifs is 1. The van der Waals surface area contributed by atoms with Gasteiger partial charge >= 0.3 is 0 Å². The number of rotatable bonds is 0. The van der Waals surface area contributed by atoms with Gasteiger partial charge in [0.1, 0.15) is 0 Å². The van der Waals surface area contributed by atoms with Crippen LogP contribution in [0, 0.1) is 0 Å². The number of hydrogen-bond acceptors (Lipinski definition) is 2. The molecule has 1 N–H and O–H groups in total. The summed E-state index contributed by atoms with van der Waals surface area (Å²) in [6.07, 6.45) is 2.23. The van der Waals surface area contributed by atoms with E-state index in [4.69, 9.17) is 0 Å². The maximum absolute atomic E-state index is 10.9. The Morgan fingerprint density at radius 2 is 2.55 bits per heavy atom. The lowest BCUT2D eigenvalue weighted by molar-refractivity contribution is -0.121. The summed E-state index contributed by atoms with van der Waals surface area (Å²) in [6, 6.07) is 0. The Labute approximate surface area is 64.2 Å². The number of carbonyl (C=O) groups excluding carboxylic acids is 1. The fourth-order valence-corrected chi connectivity index (χ4v) is 1.30. The third-order valence-corrected chi connectivity index (χ3v) is 1.95. The summed E-state index contributed by atoms with van der Waals surface area (Å²) in [5.41, 5.74) is 2.17. The Hall–Kier alpha value is -1.32. The Morgan fingerprint density at radius 3 is 3.36 bits per heavy atom. The molecule has 0 spiro atoms. The van der Waals surface area contributed by atoms with Gasteiger partial charge in [0.15, 0.2) is 0 Å². The van der Waals surface area contributed by atoms with Crippen LogP contribution in [0.4, 0.5) is 0 Å². The molecule has 58 valence electrons. The van der Waals surface area contributed by atoms with E-state index in [-0.39, 0.29) is 5.91 Å². The molecule has 1 aliphatic rings. The van der Waals surface area contributed by atoms with Crippen LogP contribution in [0.3, 0.4) is 0 Å². The summed E-state index contributed by atoms with van der Waals surface area (Å²) in [4.78, 5) is 10.9. The molecular formula is C7H9N3O. The van der Waals surface area contributed by atoms with Crippen LogP contribution in [0.25, 0.3) is 0 Å². The summed E-state index contributed by atoms with van der Waals surface area (Å²) < 4.78 is 1.80. The maximum atomic E-state index is 10.9. The average molecular weight is 151 g/mol. The van der Waals surface area contributed by atoms with E-state index in [1.807, 2.05) is 7.05 Å². The molecule has 1 amide bonds. The summed E-state index contributed by atoms with van der Waals surface area (Å²) in [7, 11) is 1.89. The summed E-state index contributed by atoms with van der Waals surface area (Å²) in [5.74, 6) is 0.0884. The van der Waals surface area contributed by atoms with Crippen molar-refractivity contribution in [3.8, 4) is 0 Å². The summed E-state index contributed by atoms with van der Waals surface area (Å²) >= 11 is 0. The smallest absolute Gasteiger partial charge is 0.224 e. The van der Waals surface area contributed by atoms with Crippen molar-refractivity contribution < 1.29 is 4.79 Å². The number of hydrogen-bond donors (Lipinski definition) is 1. The minimum atomic E-state index is 0.0884. The normalized spacial score (nSPS) is 15.9. The summed E-state index contributed by atoms with van der Waals surface area (Å²) in [5, 5.41) is 6.82. The second kappa shape index (κ2) is 2.08. The van der Waals surface area contributed by atoms with Gasteiger partial charge in [0.25, 0.3) is 0 Å². The van der Waals surface area contributed by atoms with Gasteiger partial charge in [0.2, 0.25) is 5.91 Å². The fourth-order valence-electron chi connectivity index (χ4n) is 1.30. The van der Waals surface area contributed by atoms with E-state index in [1.54, 1.807) is 10.9 Å². The van der Waals surface area contributed by atoms with Crippen molar-refractivity contribution in [3.63, 3.8) is 0 Å². The van der Waals surface area contributed by atoms with E-state index in [9.17, 15) is 4.79 Å². The molecule has 0 saturated carbocycles. The minimum absolute atomic E-state index is 0.0884. The molecule has 0 bridgehead atoms. The number of nitrogens with zero attached hydrogens (tertiary/aromatic N) is 2. The molecule has 1 aliphatic heterocycles. The fraction of sp³-hybridized carbons (Fsp3) is 0.429. The van der Waals surface area contributed by atoms with Gasteiger partial charge in [-0.3, -0.25) is 9.48 Å². The van der Waals surface area contributed by atoms with Gasteiger partial charge in [0, 0.05) is 12.6 Å². The van der Waals surface area contributed by atoms with Crippen LogP contribution in [-0.2, 0) is 24.8 Å². The number of amides is 1. The van der Waals surface area contributed by atoms with Crippen LogP contribution in [0.15, 0.2) is 6.20 Å². The molecule has 0 aliphatic carbocycles. The van der Waals surface area contributed by atoms with Gasteiger partial charge in [-0.25, -0.2) is 0 Å². The molecule has 0 unspecified atom stereocenters. The molecule has 2 heterocycles. The summed E-state index contributed by atoms with van der Waals surface area (Å²) in [6.45, 7) is 0.616. The first-order chi connectivity index (χ1) is 5.27. The van der Waals surface area contributed by atoms with Crippen LogP contribution in [0.5, 0.6) is 0 Å². The molecule has 0 fully saturated rings. The molecule has 1 aromatic rings. The van der Waals surface area contributed by atoms with Crippen molar-refractivity contribution in [2.75, 3.05) is 0 Å². The van der Waals surface area contributed by atoms with E-state index >= 15 is 0 Å². The first-order valence-electron chi connectivity index (χ1n) is 3.54. The van der Waals surface area contributed by atoms with Gasteiger partial charge in [-0.1, -0.05) is 0 Å². The highest BCUT2D eigenvalue weighted by atomic mass is 16.1. The third-order valence-electron chi connectivity index (χ3n) is 1.95. The van der Waals surface area contributed by atoms with Crippen LogP contribution in [-0.4, -0.2) is 15.7 Å². The number of aromatic nitrogens is 2. The van der Waals surface area contributed by atoms with E-state index < -0.39 is 0 Å². The lowest BCUT2D eigenvalue weighted by Gasteiger charge is -2.12. The highest BCUT2D eigenvalue weighted by Crippen LogP contribution is 2.11. The highest BCUT2D eigenvalue weighted by molar-refractivity contribution is 5.80. The number of aryl methyl sites for hydroxylation is 1. The number of carbonyl (C=O) groups is 1. The number of nitrogens with one attached hydrogen (secondary N) is 1. The Kier molecular flexibility index (Phi) is 1.21. The zero-order valence-electron chi connectivity index (χ0n) is 6.29. The second-order valence-electron chi connectivity index (χ2n) is 2.69. The van der Waals surface area contributed by atoms with Crippen molar-refractivity contribution in [1.29, 1.82) is 0 Å². The van der Waals surface area contributed by atoms with Gasteiger partial charge in [0.05, 0.1) is 24.9 Å². The topological polar surface area (TPSA) is 46.9 Å². The van der Waals surface area contributed by atoms with E-state index in [0.717, 1.165) is 11.3 Å². The average Bonchev–Trinajstić information content (AvgIpc) is 2.32. The molecular weight excluding hydrogens is 142 g/mol. The van der Waals surface area contributed by atoms with Crippen molar-refractivity contribution in [3.05, 3.63) is 17.5 Å². The lowest BCUT2D eigenvalue weighted by atomic mass is 10.1. The van der Waals surface area contributed by atoms with Crippen molar-refractivity contribution in [2.45, 2.75) is 13.0 Å². The standard InChI is InChI=1S/C7H9N3O/c1-10-6-4-8-7(11)2-5(6)3-9-10/h3H,2,4H2,1H3,(H,8,11).